The monoisotopic (exact) mass is 269 g/mol. The molecule has 0 aliphatic carbocycles. The fraction of sp³-hybridized carbons (Fsp3) is 0.0625. The largest absolute Gasteiger partial charge is 0.321 e. The number of aryl methyl sites for hydroxylation is 1. The Balaban J connectivity index is 2.08. The normalized spacial score (nSPS) is 15.5. The first kappa shape index (κ1) is 12.0. The van der Waals surface area contributed by atoms with Crippen LogP contribution in [0.1, 0.15) is 27.0 Å². The van der Waals surface area contributed by atoms with Gasteiger partial charge in [-0.2, -0.15) is 0 Å². The van der Waals surface area contributed by atoms with E-state index in [9.17, 15) is 4.79 Å². The molecule has 3 heteroatoms. The second-order valence-corrected chi connectivity index (χ2v) is 4.99. The minimum absolute atomic E-state index is 0.140. The lowest BCUT2D eigenvalue weighted by Crippen LogP contribution is -2.12. The smallest absolute Gasteiger partial charge is 0.257 e. The summed E-state index contributed by atoms with van der Waals surface area (Å²) < 4.78 is 0. The maximum absolute atomic E-state index is 11.9. The average Bonchev–Trinajstić information content (AvgIpc) is 2.70. The van der Waals surface area contributed by atoms with Gasteiger partial charge in [-0.25, -0.2) is 0 Å². The predicted molar refractivity (Wildman–Crippen MR) is 78.0 cm³/mol. The van der Waals surface area contributed by atoms with Crippen molar-refractivity contribution >= 4 is 29.3 Å². The van der Waals surface area contributed by atoms with Crippen LogP contribution in [0.3, 0.4) is 0 Å². The van der Waals surface area contributed by atoms with Gasteiger partial charge in [0.25, 0.3) is 5.91 Å². The van der Waals surface area contributed by atoms with Crippen molar-refractivity contribution < 1.29 is 4.79 Å². The van der Waals surface area contributed by atoms with Gasteiger partial charge in [0, 0.05) is 11.3 Å². The van der Waals surface area contributed by atoms with Gasteiger partial charge < -0.3 is 5.32 Å². The highest BCUT2D eigenvalue weighted by atomic mass is 35.5. The van der Waals surface area contributed by atoms with Crippen LogP contribution in [0.5, 0.6) is 0 Å². The van der Waals surface area contributed by atoms with Crippen LogP contribution in [0.4, 0.5) is 0 Å². The fourth-order valence-electron chi connectivity index (χ4n) is 2.17. The zero-order valence-electron chi connectivity index (χ0n) is 10.4. The molecular formula is C16H12ClNO. The SMILES string of the molecule is Cc1ccc(/C=C2/NC(=O)c3c(Cl)cccc32)cc1. The van der Waals surface area contributed by atoms with Crippen LogP contribution in [0, 0.1) is 6.92 Å². The molecule has 3 rings (SSSR count). The summed E-state index contributed by atoms with van der Waals surface area (Å²) in [5.41, 5.74) is 4.47. The number of amides is 1. The van der Waals surface area contributed by atoms with E-state index in [4.69, 9.17) is 11.6 Å². The van der Waals surface area contributed by atoms with E-state index in [1.165, 1.54) is 5.56 Å². The van der Waals surface area contributed by atoms with Crippen molar-refractivity contribution in [2.75, 3.05) is 0 Å². The van der Waals surface area contributed by atoms with E-state index >= 15 is 0 Å². The molecule has 1 N–H and O–H groups in total. The Morgan fingerprint density at radius 1 is 1.11 bits per heavy atom. The summed E-state index contributed by atoms with van der Waals surface area (Å²) in [6, 6.07) is 13.6. The first-order valence-corrected chi connectivity index (χ1v) is 6.41. The van der Waals surface area contributed by atoms with Crippen molar-refractivity contribution in [1.29, 1.82) is 0 Å². The summed E-state index contributed by atoms with van der Waals surface area (Å²) in [6.45, 7) is 2.04. The Morgan fingerprint density at radius 3 is 2.58 bits per heavy atom. The second kappa shape index (κ2) is 4.56. The number of hydrogen-bond donors (Lipinski definition) is 1. The molecule has 2 aromatic rings. The number of nitrogens with one attached hydrogen (secondary N) is 1. The number of rotatable bonds is 1. The topological polar surface area (TPSA) is 29.1 Å². The van der Waals surface area contributed by atoms with Crippen molar-refractivity contribution in [3.8, 4) is 0 Å². The molecule has 0 radical (unpaired) electrons. The van der Waals surface area contributed by atoms with E-state index in [0.29, 0.717) is 10.6 Å². The van der Waals surface area contributed by atoms with Gasteiger partial charge in [-0.05, 0) is 24.6 Å². The summed E-state index contributed by atoms with van der Waals surface area (Å²) in [4.78, 5) is 11.9. The Labute approximate surface area is 116 Å². The van der Waals surface area contributed by atoms with Gasteiger partial charge in [-0.3, -0.25) is 4.79 Å². The van der Waals surface area contributed by atoms with Crippen LogP contribution < -0.4 is 5.32 Å². The van der Waals surface area contributed by atoms with Crippen LogP contribution in [-0.2, 0) is 0 Å². The summed E-state index contributed by atoms with van der Waals surface area (Å²) in [6.07, 6.45) is 1.96. The molecule has 19 heavy (non-hydrogen) atoms. The highest BCUT2D eigenvalue weighted by Crippen LogP contribution is 2.31. The Bertz CT molecular complexity index is 686. The summed E-state index contributed by atoms with van der Waals surface area (Å²) in [5, 5.41) is 3.35. The predicted octanol–water partition coefficient (Wildman–Crippen LogP) is 3.89. The fourth-order valence-corrected chi connectivity index (χ4v) is 2.44. The zero-order chi connectivity index (χ0) is 13.4. The standard InChI is InChI=1S/C16H12ClNO/c1-10-5-7-11(8-6-10)9-14-12-3-2-4-13(17)15(12)16(19)18-14/h2-9H,1H3,(H,18,19)/b14-9+. The van der Waals surface area contributed by atoms with Crippen molar-refractivity contribution in [1.82, 2.24) is 5.32 Å². The number of halogens is 1. The number of hydrogen-bond acceptors (Lipinski definition) is 1. The van der Waals surface area contributed by atoms with E-state index in [1.54, 1.807) is 6.07 Å². The van der Waals surface area contributed by atoms with Crippen LogP contribution in [0.25, 0.3) is 11.8 Å². The van der Waals surface area contributed by atoms with Gasteiger partial charge in [0.15, 0.2) is 0 Å². The number of fused-ring (bicyclic) bond motifs is 1. The van der Waals surface area contributed by atoms with E-state index in [0.717, 1.165) is 16.8 Å². The van der Waals surface area contributed by atoms with Crippen molar-refractivity contribution in [2.45, 2.75) is 6.92 Å². The van der Waals surface area contributed by atoms with E-state index < -0.39 is 0 Å². The first-order chi connectivity index (χ1) is 9.15. The van der Waals surface area contributed by atoms with Crippen molar-refractivity contribution in [2.24, 2.45) is 0 Å². The lowest BCUT2D eigenvalue weighted by Gasteiger charge is -2.01. The minimum atomic E-state index is -0.140. The molecule has 0 saturated heterocycles. The molecular weight excluding hydrogens is 258 g/mol. The maximum atomic E-state index is 11.9. The highest BCUT2D eigenvalue weighted by molar-refractivity contribution is 6.35. The molecule has 1 aliphatic rings. The molecule has 0 unspecified atom stereocenters. The molecule has 0 bridgehead atoms. The molecule has 0 aromatic heterocycles. The van der Waals surface area contributed by atoms with Gasteiger partial charge in [0.05, 0.1) is 10.6 Å². The van der Waals surface area contributed by atoms with E-state index in [1.807, 2.05) is 49.4 Å². The Morgan fingerprint density at radius 2 is 1.84 bits per heavy atom. The van der Waals surface area contributed by atoms with Gasteiger partial charge in [-0.1, -0.05) is 53.6 Å². The van der Waals surface area contributed by atoms with Crippen molar-refractivity contribution in [3.05, 3.63) is 69.7 Å². The van der Waals surface area contributed by atoms with Crippen LogP contribution in [0.15, 0.2) is 42.5 Å². The lowest BCUT2D eigenvalue weighted by atomic mass is 10.1. The molecule has 0 saturated carbocycles. The Hall–Kier alpha value is -2.06. The molecule has 94 valence electrons. The van der Waals surface area contributed by atoms with Crippen LogP contribution >= 0.6 is 11.6 Å². The molecule has 2 aromatic carbocycles. The summed E-state index contributed by atoms with van der Waals surface area (Å²) >= 11 is 6.07. The third-order valence-electron chi connectivity index (χ3n) is 3.17. The quantitative estimate of drug-likeness (QED) is 0.836. The molecule has 1 aliphatic heterocycles. The lowest BCUT2D eigenvalue weighted by molar-refractivity contribution is 0.0981. The molecule has 1 amide bonds. The molecule has 2 nitrogen and oxygen atoms in total. The summed E-state index contributed by atoms with van der Waals surface area (Å²) in [5.74, 6) is -0.140. The maximum Gasteiger partial charge on any atom is 0.257 e. The van der Waals surface area contributed by atoms with Crippen LogP contribution in [-0.4, -0.2) is 5.91 Å². The average molecular weight is 270 g/mol. The van der Waals surface area contributed by atoms with Gasteiger partial charge in [-0.15, -0.1) is 0 Å². The first-order valence-electron chi connectivity index (χ1n) is 6.04. The van der Waals surface area contributed by atoms with E-state index in [2.05, 4.69) is 5.32 Å². The zero-order valence-corrected chi connectivity index (χ0v) is 11.2. The Kier molecular flexibility index (Phi) is 2.88. The number of carbonyl (C=O) groups is 1. The van der Waals surface area contributed by atoms with Gasteiger partial charge in [0.2, 0.25) is 0 Å². The molecule has 0 fully saturated rings. The van der Waals surface area contributed by atoms with Crippen LogP contribution in [0.2, 0.25) is 5.02 Å². The molecule has 0 atom stereocenters. The van der Waals surface area contributed by atoms with Crippen molar-refractivity contribution in [3.63, 3.8) is 0 Å². The summed E-state index contributed by atoms with van der Waals surface area (Å²) in [7, 11) is 0. The second-order valence-electron chi connectivity index (χ2n) is 4.59. The van der Waals surface area contributed by atoms with Gasteiger partial charge in [0.1, 0.15) is 0 Å². The number of carbonyl (C=O) groups excluding carboxylic acids is 1. The van der Waals surface area contributed by atoms with Gasteiger partial charge >= 0.3 is 0 Å². The third kappa shape index (κ3) is 2.15. The molecule has 0 spiro atoms. The molecule has 1 heterocycles. The third-order valence-corrected chi connectivity index (χ3v) is 3.48. The number of benzene rings is 2. The minimum Gasteiger partial charge on any atom is -0.321 e. The van der Waals surface area contributed by atoms with E-state index in [-0.39, 0.29) is 5.91 Å². The highest BCUT2D eigenvalue weighted by Gasteiger charge is 2.25.